The molecule has 0 bridgehead atoms. The van der Waals surface area contributed by atoms with Crippen LogP contribution in [-0.4, -0.2) is 18.6 Å². The summed E-state index contributed by atoms with van der Waals surface area (Å²) in [6.45, 7) is 4.44. The van der Waals surface area contributed by atoms with Gasteiger partial charge in [0.25, 0.3) is 0 Å². The fraction of sp³-hybridized carbons (Fsp3) is 0.562. The zero-order valence-electron chi connectivity index (χ0n) is 11.8. The van der Waals surface area contributed by atoms with E-state index in [4.69, 9.17) is 4.74 Å². The van der Waals surface area contributed by atoms with E-state index in [2.05, 4.69) is 36.5 Å². The summed E-state index contributed by atoms with van der Waals surface area (Å²) in [5.41, 5.74) is 2.45. The van der Waals surface area contributed by atoms with Crippen LogP contribution in [0.4, 0.5) is 5.69 Å². The van der Waals surface area contributed by atoms with Crippen molar-refractivity contribution in [1.82, 2.24) is 0 Å². The van der Waals surface area contributed by atoms with E-state index >= 15 is 0 Å². The van der Waals surface area contributed by atoms with E-state index < -0.39 is 0 Å². The van der Waals surface area contributed by atoms with Crippen molar-refractivity contribution in [1.29, 1.82) is 0 Å². The molecule has 0 atom stereocenters. The second kappa shape index (κ2) is 6.60. The van der Waals surface area contributed by atoms with Gasteiger partial charge in [-0.1, -0.05) is 17.7 Å². The highest BCUT2D eigenvalue weighted by atomic mass is 16.5. The van der Waals surface area contributed by atoms with Gasteiger partial charge in [0.15, 0.2) is 0 Å². The van der Waals surface area contributed by atoms with E-state index in [-0.39, 0.29) is 11.9 Å². The van der Waals surface area contributed by atoms with Crippen molar-refractivity contribution >= 4 is 11.7 Å². The fourth-order valence-electron chi connectivity index (χ4n) is 2.62. The fourth-order valence-corrected chi connectivity index (χ4v) is 2.62. The van der Waals surface area contributed by atoms with E-state index in [1.165, 1.54) is 11.3 Å². The average molecular weight is 261 g/mol. The minimum atomic E-state index is -0.0173. The number of rotatable bonds is 4. The lowest BCUT2D eigenvalue weighted by molar-refractivity contribution is -0.149. The molecule has 1 fully saturated rings. The van der Waals surface area contributed by atoms with Crippen molar-refractivity contribution in [2.45, 2.75) is 45.6 Å². The molecule has 3 nitrogen and oxygen atoms in total. The minimum Gasteiger partial charge on any atom is -0.466 e. The van der Waals surface area contributed by atoms with Gasteiger partial charge >= 0.3 is 5.97 Å². The molecule has 104 valence electrons. The lowest BCUT2D eigenvalue weighted by Crippen LogP contribution is -2.30. The number of esters is 1. The third-order valence-corrected chi connectivity index (χ3v) is 3.77. The predicted molar refractivity (Wildman–Crippen MR) is 77.2 cm³/mol. The molecule has 1 aromatic carbocycles. The monoisotopic (exact) mass is 261 g/mol. The van der Waals surface area contributed by atoms with Crippen LogP contribution in [0, 0.1) is 12.8 Å². The lowest BCUT2D eigenvalue weighted by atomic mass is 9.86. The van der Waals surface area contributed by atoms with Crippen molar-refractivity contribution in [3.05, 3.63) is 29.8 Å². The van der Waals surface area contributed by atoms with Gasteiger partial charge < -0.3 is 10.1 Å². The summed E-state index contributed by atoms with van der Waals surface area (Å²) in [7, 11) is 0. The molecular formula is C16H23NO2. The zero-order chi connectivity index (χ0) is 13.7. The van der Waals surface area contributed by atoms with Gasteiger partial charge in [0.05, 0.1) is 12.5 Å². The normalized spacial score (nSPS) is 22.8. The number of nitrogens with one attached hydrogen (secondary N) is 1. The van der Waals surface area contributed by atoms with Crippen LogP contribution in [0.5, 0.6) is 0 Å². The number of hydrogen-bond acceptors (Lipinski definition) is 3. The highest BCUT2D eigenvalue weighted by molar-refractivity contribution is 5.72. The average Bonchev–Trinajstić information content (AvgIpc) is 2.42. The van der Waals surface area contributed by atoms with Gasteiger partial charge in [-0.2, -0.15) is 0 Å². The summed E-state index contributed by atoms with van der Waals surface area (Å²) in [5, 5.41) is 3.55. The summed E-state index contributed by atoms with van der Waals surface area (Å²) in [6.07, 6.45) is 3.94. The Bertz CT molecular complexity index is 405. The quantitative estimate of drug-likeness (QED) is 0.843. The first-order valence-electron chi connectivity index (χ1n) is 7.19. The van der Waals surface area contributed by atoms with Crippen LogP contribution in [0.1, 0.15) is 38.2 Å². The number of hydrogen-bond donors (Lipinski definition) is 1. The number of ether oxygens (including phenoxy) is 1. The third-order valence-electron chi connectivity index (χ3n) is 3.77. The molecule has 1 N–H and O–H groups in total. The van der Waals surface area contributed by atoms with Crippen molar-refractivity contribution in [3.63, 3.8) is 0 Å². The molecule has 0 saturated heterocycles. The summed E-state index contributed by atoms with van der Waals surface area (Å²) >= 11 is 0. The van der Waals surface area contributed by atoms with Crippen LogP contribution in [0.2, 0.25) is 0 Å². The Labute approximate surface area is 115 Å². The molecule has 1 aliphatic carbocycles. The molecule has 0 spiro atoms. The topological polar surface area (TPSA) is 38.3 Å². The lowest BCUT2D eigenvalue weighted by Gasteiger charge is -2.28. The Balaban J connectivity index is 1.80. The highest BCUT2D eigenvalue weighted by Crippen LogP contribution is 2.27. The van der Waals surface area contributed by atoms with Crippen LogP contribution in [0.15, 0.2) is 24.3 Å². The number of carbonyl (C=O) groups excluding carboxylic acids is 1. The molecule has 1 aromatic rings. The summed E-state index contributed by atoms with van der Waals surface area (Å²) < 4.78 is 5.09. The van der Waals surface area contributed by atoms with Crippen LogP contribution in [0.3, 0.4) is 0 Å². The van der Waals surface area contributed by atoms with E-state index in [0.717, 1.165) is 25.7 Å². The van der Waals surface area contributed by atoms with Crippen LogP contribution in [-0.2, 0) is 9.53 Å². The maximum absolute atomic E-state index is 11.7. The van der Waals surface area contributed by atoms with Crippen molar-refractivity contribution in [2.24, 2.45) is 5.92 Å². The Morgan fingerprint density at radius 2 is 1.84 bits per heavy atom. The maximum atomic E-state index is 11.7. The summed E-state index contributed by atoms with van der Waals surface area (Å²) in [4.78, 5) is 11.7. The molecule has 0 radical (unpaired) electrons. The Kier molecular flexibility index (Phi) is 4.83. The zero-order valence-corrected chi connectivity index (χ0v) is 11.8. The maximum Gasteiger partial charge on any atom is 0.308 e. The number of aryl methyl sites for hydroxylation is 1. The number of carbonyl (C=O) groups is 1. The van der Waals surface area contributed by atoms with Gasteiger partial charge in [-0.15, -0.1) is 0 Å². The first kappa shape index (κ1) is 13.9. The van der Waals surface area contributed by atoms with Crippen molar-refractivity contribution < 1.29 is 9.53 Å². The van der Waals surface area contributed by atoms with Crippen molar-refractivity contribution in [2.75, 3.05) is 11.9 Å². The predicted octanol–water partition coefficient (Wildman–Crippen LogP) is 3.53. The first-order chi connectivity index (χ1) is 9.19. The standard InChI is InChI=1S/C16H23NO2/c1-3-19-16(18)13-6-10-15(11-7-13)17-14-8-4-12(2)5-9-14/h4-5,8-9,13,15,17H,3,6-7,10-11H2,1-2H3. The SMILES string of the molecule is CCOC(=O)C1CCC(Nc2ccc(C)cc2)CC1. The van der Waals surface area contributed by atoms with Gasteiger partial charge in [-0.25, -0.2) is 0 Å². The van der Waals surface area contributed by atoms with Gasteiger partial charge in [0, 0.05) is 11.7 Å². The van der Waals surface area contributed by atoms with Gasteiger partial charge in [-0.3, -0.25) is 4.79 Å². The van der Waals surface area contributed by atoms with Crippen LogP contribution >= 0.6 is 0 Å². The summed E-state index contributed by atoms with van der Waals surface area (Å²) in [5.74, 6) is 0.0901. The largest absolute Gasteiger partial charge is 0.466 e. The van der Waals surface area contributed by atoms with E-state index in [1.807, 2.05) is 6.92 Å². The second-order valence-corrected chi connectivity index (χ2v) is 5.31. The molecule has 2 rings (SSSR count). The molecule has 1 aliphatic rings. The molecule has 1 saturated carbocycles. The van der Waals surface area contributed by atoms with E-state index in [9.17, 15) is 4.79 Å². The molecule has 0 unspecified atom stereocenters. The Morgan fingerprint density at radius 1 is 1.21 bits per heavy atom. The minimum absolute atomic E-state index is 0.0173. The van der Waals surface area contributed by atoms with Crippen LogP contribution in [0.25, 0.3) is 0 Å². The molecule has 3 heteroatoms. The van der Waals surface area contributed by atoms with Crippen molar-refractivity contribution in [3.8, 4) is 0 Å². The Hall–Kier alpha value is -1.51. The molecule has 0 aliphatic heterocycles. The number of benzene rings is 1. The molecule has 0 heterocycles. The first-order valence-corrected chi connectivity index (χ1v) is 7.19. The van der Waals surface area contributed by atoms with Gasteiger partial charge in [0.1, 0.15) is 0 Å². The molecule has 19 heavy (non-hydrogen) atoms. The smallest absolute Gasteiger partial charge is 0.308 e. The Morgan fingerprint density at radius 3 is 2.42 bits per heavy atom. The van der Waals surface area contributed by atoms with E-state index in [0.29, 0.717) is 12.6 Å². The number of anilines is 1. The van der Waals surface area contributed by atoms with Crippen LogP contribution < -0.4 is 5.32 Å². The van der Waals surface area contributed by atoms with Gasteiger partial charge in [-0.05, 0) is 51.7 Å². The summed E-state index contributed by atoms with van der Waals surface area (Å²) in [6, 6.07) is 8.95. The highest BCUT2D eigenvalue weighted by Gasteiger charge is 2.26. The molecule has 0 aromatic heterocycles. The third kappa shape index (κ3) is 3.98. The molecular weight excluding hydrogens is 238 g/mol. The van der Waals surface area contributed by atoms with Gasteiger partial charge in [0.2, 0.25) is 0 Å². The van der Waals surface area contributed by atoms with E-state index in [1.54, 1.807) is 0 Å². The molecule has 0 amide bonds. The second-order valence-electron chi connectivity index (χ2n) is 5.31.